The maximum absolute atomic E-state index is 13.8. The van der Waals surface area contributed by atoms with E-state index in [0.717, 1.165) is 25.3 Å². The largest absolute Gasteiger partial charge is 0.368 e. The molecule has 3 nitrogen and oxygen atoms in total. The van der Waals surface area contributed by atoms with Crippen LogP contribution in [-0.2, 0) is 0 Å². The molecule has 0 radical (unpaired) electrons. The molecule has 1 fully saturated rings. The summed E-state index contributed by atoms with van der Waals surface area (Å²) in [7, 11) is 0. The van der Waals surface area contributed by atoms with E-state index < -0.39 is 11.6 Å². The van der Waals surface area contributed by atoms with Crippen molar-refractivity contribution >= 4 is 11.6 Å². The number of nitrogens with zero attached hydrogens (tertiary/aromatic N) is 2. The van der Waals surface area contributed by atoms with E-state index in [1.165, 1.54) is 0 Å². The average molecular weight is 255 g/mol. The molecule has 1 aliphatic carbocycles. The highest BCUT2D eigenvalue weighted by Gasteiger charge is 2.31. The summed E-state index contributed by atoms with van der Waals surface area (Å²) in [4.78, 5) is 6.02. The third-order valence-electron chi connectivity index (χ3n) is 3.05. The van der Waals surface area contributed by atoms with Gasteiger partial charge < -0.3 is 10.2 Å². The molecular formula is C13H19F2N3. The van der Waals surface area contributed by atoms with Crippen LogP contribution >= 0.6 is 0 Å². The SMILES string of the molecule is CCCNc1nc(N(CC)C2CC2)c(F)cc1F. The monoisotopic (exact) mass is 255 g/mol. The van der Waals surface area contributed by atoms with Crippen LogP contribution in [0.15, 0.2) is 6.07 Å². The van der Waals surface area contributed by atoms with Crippen molar-refractivity contribution in [3.63, 3.8) is 0 Å². The molecule has 18 heavy (non-hydrogen) atoms. The van der Waals surface area contributed by atoms with Crippen molar-refractivity contribution in [3.8, 4) is 0 Å². The first kappa shape index (κ1) is 13.1. The zero-order valence-electron chi connectivity index (χ0n) is 10.8. The molecule has 1 N–H and O–H groups in total. The Morgan fingerprint density at radius 3 is 2.61 bits per heavy atom. The maximum Gasteiger partial charge on any atom is 0.168 e. The van der Waals surface area contributed by atoms with Crippen molar-refractivity contribution in [2.45, 2.75) is 39.2 Å². The Morgan fingerprint density at radius 1 is 1.33 bits per heavy atom. The molecule has 1 aromatic rings. The van der Waals surface area contributed by atoms with Crippen LogP contribution in [0.25, 0.3) is 0 Å². The molecule has 5 heteroatoms. The molecule has 0 unspecified atom stereocenters. The summed E-state index contributed by atoms with van der Waals surface area (Å²) in [6.07, 6.45) is 2.99. The van der Waals surface area contributed by atoms with Crippen LogP contribution in [0.5, 0.6) is 0 Å². The van der Waals surface area contributed by atoms with Crippen LogP contribution in [0.3, 0.4) is 0 Å². The summed E-state index contributed by atoms with van der Waals surface area (Å²) in [5.74, 6) is -0.799. The second kappa shape index (κ2) is 5.50. The van der Waals surface area contributed by atoms with E-state index in [-0.39, 0.29) is 11.6 Å². The molecule has 0 amide bonds. The van der Waals surface area contributed by atoms with Gasteiger partial charge in [-0.2, -0.15) is 0 Å². The van der Waals surface area contributed by atoms with Crippen molar-refractivity contribution in [3.05, 3.63) is 17.7 Å². The Hall–Kier alpha value is -1.39. The fraction of sp³-hybridized carbons (Fsp3) is 0.615. The lowest BCUT2D eigenvalue weighted by Gasteiger charge is -2.22. The van der Waals surface area contributed by atoms with E-state index in [1.807, 2.05) is 18.7 Å². The summed E-state index contributed by atoms with van der Waals surface area (Å²) in [6, 6.07) is 1.28. The van der Waals surface area contributed by atoms with Gasteiger partial charge in [0.25, 0.3) is 0 Å². The molecule has 100 valence electrons. The number of aromatic nitrogens is 1. The molecule has 1 saturated carbocycles. The van der Waals surface area contributed by atoms with Gasteiger partial charge in [-0.25, -0.2) is 13.8 Å². The summed E-state index contributed by atoms with van der Waals surface area (Å²) >= 11 is 0. The van der Waals surface area contributed by atoms with Gasteiger partial charge in [0.15, 0.2) is 23.3 Å². The number of hydrogen-bond acceptors (Lipinski definition) is 3. The summed E-state index contributed by atoms with van der Waals surface area (Å²) in [5.41, 5.74) is 0. The minimum absolute atomic E-state index is 0.146. The first-order chi connectivity index (χ1) is 8.67. The van der Waals surface area contributed by atoms with E-state index in [0.29, 0.717) is 19.1 Å². The van der Waals surface area contributed by atoms with E-state index in [1.54, 1.807) is 0 Å². The topological polar surface area (TPSA) is 28.2 Å². The highest BCUT2D eigenvalue weighted by atomic mass is 19.1. The fourth-order valence-electron chi connectivity index (χ4n) is 1.99. The highest BCUT2D eigenvalue weighted by Crippen LogP contribution is 2.32. The van der Waals surface area contributed by atoms with E-state index in [2.05, 4.69) is 10.3 Å². The molecule has 1 heterocycles. The Labute approximate surface area is 106 Å². The van der Waals surface area contributed by atoms with Crippen LogP contribution < -0.4 is 10.2 Å². The van der Waals surface area contributed by atoms with Gasteiger partial charge in [-0.3, -0.25) is 0 Å². The molecule has 2 rings (SSSR count). The zero-order chi connectivity index (χ0) is 13.1. The number of rotatable bonds is 6. The minimum Gasteiger partial charge on any atom is -0.368 e. The second-order valence-corrected chi connectivity index (χ2v) is 4.57. The quantitative estimate of drug-likeness (QED) is 0.846. The predicted octanol–water partition coefficient (Wildman–Crippen LogP) is 3.17. The van der Waals surface area contributed by atoms with Crippen molar-refractivity contribution < 1.29 is 8.78 Å². The molecular weight excluding hydrogens is 236 g/mol. The minimum atomic E-state index is -0.628. The lowest BCUT2D eigenvalue weighted by molar-refractivity contribution is 0.569. The smallest absolute Gasteiger partial charge is 0.168 e. The van der Waals surface area contributed by atoms with Crippen LogP contribution in [0, 0.1) is 11.6 Å². The van der Waals surface area contributed by atoms with Gasteiger partial charge in [-0.15, -0.1) is 0 Å². The lowest BCUT2D eigenvalue weighted by Crippen LogP contribution is -2.27. The van der Waals surface area contributed by atoms with Crippen molar-refractivity contribution in [1.82, 2.24) is 4.98 Å². The molecule has 0 spiro atoms. The molecule has 0 saturated heterocycles. The number of halogens is 2. The number of pyridine rings is 1. The molecule has 0 aliphatic heterocycles. The van der Waals surface area contributed by atoms with Gasteiger partial charge >= 0.3 is 0 Å². The molecule has 0 aromatic carbocycles. The summed E-state index contributed by atoms with van der Waals surface area (Å²) in [6.45, 7) is 5.26. The molecule has 0 atom stereocenters. The first-order valence-corrected chi connectivity index (χ1v) is 6.53. The maximum atomic E-state index is 13.8. The second-order valence-electron chi connectivity index (χ2n) is 4.57. The van der Waals surface area contributed by atoms with Crippen LogP contribution in [0.1, 0.15) is 33.1 Å². The third kappa shape index (κ3) is 2.71. The van der Waals surface area contributed by atoms with E-state index in [4.69, 9.17) is 0 Å². The van der Waals surface area contributed by atoms with Gasteiger partial charge in [0.2, 0.25) is 0 Å². The Balaban J connectivity index is 2.27. The fourth-order valence-corrected chi connectivity index (χ4v) is 1.99. The number of hydrogen-bond donors (Lipinski definition) is 1. The number of anilines is 2. The standard InChI is InChI=1S/C13H19F2N3/c1-3-7-16-12-10(14)8-11(15)13(17-12)18(4-2)9-5-6-9/h8-9H,3-7H2,1-2H3,(H,16,17). The Morgan fingerprint density at radius 2 is 2.06 bits per heavy atom. The van der Waals surface area contributed by atoms with Gasteiger partial charge in [0, 0.05) is 25.2 Å². The van der Waals surface area contributed by atoms with Gasteiger partial charge in [0.1, 0.15) is 0 Å². The summed E-state index contributed by atoms with van der Waals surface area (Å²) in [5, 5.41) is 2.89. The van der Waals surface area contributed by atoms with Gasteiger partial charge in [0.05, 0.1) is 0 Å². The number of nitrogens with one attached hydrogen (secondary N) is 1. The zero-order valence-corrected chi connectivity index (χ0v) is 10.8. The third-order valence-corrected chi connectivity index (χ3v) is 3.05. The highest BCUT2D eigenvalue weighted by molar-refractivity contribution is 5.50. The molecule has 1 aromatic heterocycles. The normalized spacial score (nSPS) is 14.7. The van der Waals surface area contributed by atoms with Gasteiger partial charge in [-0.05, 0) is 26.2 Å². The van der Waals surface area contributed by atoms with Crippen molar-refractivity contribution in [2.75, 3.05) is 23.3 Å². The van der Waals surface area contributed by atoms with Crippen LogP contribution in [0.4, 0.5) is 20.4 Å². The van der Waals surface area contributed by atoms with Gasteiger partial charge in [-0.1, -0.05) is 6.92 Å². The van der Waals surface area contributed by atoms with Crippen molar-refractivity contribution in [2.24, 2.45) is 0 Å². The molecule has 0 bridgehead atoms. The van der Waals surface area contributed by atoms with Crippen LogP contribution in [0.2, 0.25) is 0 Å². The van der Waals surface area contributed by atoms with Crippen LogP contribution in [-0.4, -0.2) is 24.1 Å². The summed E-state index contributed by atoms with van der Waals surface area (Å²) < 4.78 is 27.4. The van der Waals surface area contributed by atoms with E-state index >= 15 is 0 Å². The predicted molar refractivity (Wildman–Crippen MR) is 69.0 cm³/mol. The van der Waals surface area contributed by atoms with E-state index in [9.17, 15) is 8.78 Å². The molecule has 1 aliphatic rings. The van der Waals surface area contributed by atoms with Crippen molar-refractivity contribution in [1.29, 1.82) is 0 Å². The lowest BCUT2D eigenvalue weighted by atomic mass is 10.3. The Kier molecular flexibility index (Phi) is 3.99. The first-order valence-electron chi connectivity index (χ1n) is 6.53. The Bertz CT molecular complexity index is 419. The average Bonchev–Trinajstić information content (AvgIpc) is 3.16.